The highest BCUT2D eigenvalue weighted by atomic mass is 32.2. The summed E-state index contributed by atoms with van der Waals surface area (Å²) in [6, 6.07) is 9.67. The maximum atomic E-state index is 12.5. The van der Waals surface area contributed by atoms with Gasteiger partial charge in [0.25, 0.3) is 0 Å². The van der Waals surface area contributed by atoms with Crippen molar-refractivity contribution in [2.75, 3.05) is 24.2 Å². The second-order valence-electron chi connectivity index (χ2n) is 6.27. The van der Waals surface area contributed by atoms with Crippen LogP contribution in [0.2, 0.25) is 0 Å². The van der Waals surface area contributed by atoms with Gasteiger partial charge in [0, 0.05) is 23.2 Å². The molecule has 2 amide bonds. The van der Waals surface area contributed by atoms with Crippen LogP contribution in [0.25, 0.3) is 0 Å². The Morgan fingerprint density at radius 1 is 1.25 bits per heavy atom. The van der Waals surface area contributed by atoms with Crippen molar-refractivity contribution in [1.29, 1.82) is 0 Å². The highest BCUT2D eigenvalue weighted by Crippen LogP contribution is 2.38. The maximum absolute atomic E-state index is 12.5. The predicted molar refractivity (Wildman–Crippen MR) is 111 cm³/mol. The molecule has 1 N–H and O–H groups in total. The van der Waals surface area contributed by atoms with Crippen LogP contribution in [0, 0.1) is 0 Å². The largest absolute Gasteiger partial charge is 0.462 e. The molecule has 0 saturated heterocycles. The Morgan fingerprint density at radius 2 is 2.00 bits per heavy atom. The summed E-state index contributed by atoms with van der Waals surface area (Å²) in [7, 11) is 0. The number of benzene rings is 1. The summed E-state index contributed by atoms with van der Waals surface area (Å²) in [5, 5.41) is 3.38. The van der Waals surface area contributed by atoms with Gasteiger partial charge >= 0.3 is 5.97 Å². The minimum atomic E-state index is -0.428. The molecule has 0 unspecified atom stereocenters. The van der Waals surface area contributed by atoms with Gasteiger partial charge in [0.05, 0.1) is 24.5 Å². The van der Waals surface area contributed by atoms with E-state index in [2.05, 4.69) is 5.32 Å². The Bertz CT molecular complexity index is 880. The molecule has 1 aromatic carbocycles. The molecule has 1 aliphatic heterocycles. The molecule has 2 heterocycles. The number of rotatable bonds is 6. The van der Waals surface area contributed by atoms with E-state index in [1.807, 2.05) is 30.3 Å². The van der Waals surface area contributed by atoms with Gasteiger partial charge in [-0.05, 0) is 31.0 Å². The minimum absolute atomic E-state index is 0.00146. The van der Waals surface area contributed by atoms with Gasteiger partial charge in [-0.2, -0.15) is 0 Å². The molecule has 0 fully saturated rings. The van der Waals surface area contributed by atoms with Crippen LogP contribution in [0.1, 0.15) is 34.6 Å². The van der Waals surface area contributed by atoms with E-state index in [0.29, 0.717) is 30.1 Å². The zero-order valence-electron chi connectivity index (χ0n) is 15.8. The van der Waals surface area contributed by atoms with E-state index in [9.17, 15) is 14.4 Å². The summed E-state index contributed by atoms with van der Waals surface area (Å²) in [6.07, 6.45) is 0.578. The topological polar surface area (TPSA) is 75.7 Å². The molecule has 1 aromatic heterocycles. The van der Waals surface area contributed by atoms with E-state index < -0.39 is 5.97 Å². The number of thioether (sulfide) groups is 1. The monoisotopic (exact) mass is 418 g/mol. The molecule has 0 spiro atoms. The molecule has 0 radical (unpaired) electrons. The van der Waals surface area contributed by atoms with Crippen LogP contribution in [0.5, 0.6) is 0 Å². The van der Waals surface area contributed by atoms with Gasteiger partial charge in [-0.25, -0.2) is 4.79 Å². The highest BCUT2D eigenvalue weighted by molar-refractivity contribution is 8.00. The van der Waals surface area contributed by atoms with Gasteiger partial charge in [-0.3, -0.25) is 9.59 Å². The van der Waals surface area contributed by atoms with Crippen molar-refractivity contribution < 1.29 is 19.1 Å². The van der Waals surface area contributed by atoms with Gasteiger partial charge in [0.2, 0.25) is 11.8 Å². The van der Waals surface area contributed by atoms with E-state index in [1.165, 1.54) is 30.0 Å². The molecule has 2 aromatic rings. The van der Waals surface area contributed by atoms with E-state index >= 15 is 0 Å². The van der Waals surface area contributed by atoms with Gasteiger partial charge < -0.3 is 15.0 Å². The van der Waals surface area contributed by atoms with Crippen LogP contribution in [0.3, 0.4) is 0 Å². The molecule has 6 nitrogen and oxygen atoms in total. The summed E-state index contributed by atoms with van der Waals surface area (Å²) in [6.45, 7) is 4.57. The van der Waals surface area contributed by atoms with E-state index in [0.717, 1.165) is 15.3 Å². The number of thiophene rings is 1. The first kappa shape index (κ1) is 20.4. The average molecular weight is 419 g/mol. The van der Waals surface area contributed by atoms with Crippen molar-refractivity contribution in [1.82, 2.24) is 4.90 Å². The Hall–Kier alpha value is -2.32. The number of hydrogen-bond donors (Lipinski definition) is 1. The lowest BCUT2D eigenvalue weighted by Crippen LogP contribution is -2.34. The first-order chi connectivity index (χ1) is 13.5. The predicted octanol–water partition coefficient (Wildman–Crippen LogP) is 3.56. The van der Waals surface area contributed by atoms with Crippen LogP contribution in [0.4, 0.5) is 5.00 Å². The molecule has 148 valence electrons. The molecule has 0 atom stereocenters. The van der Waals surface area contributed by atoms with Gasteiger partial charge in [0.15, 0.2) is 0 Å². The fourth-order valence-corrected chi connectivity index (χ4v) is 4.99. The van der Waals surface area contributed by atoms with Crippen LogP contribution in [-0.4, -0.2) is 41.6 Å². The van der Waals surface area contributed by atoms with Crippen molar-refractivity contribution in [3.63, 3.8) is 0 Å². The molecule has 0 aliphatic carbocycles. The van der Waals surface area contributed by atoms with Gasteiger partial charge in [-0.15, -0.1) is 23.1 Å². The normalized spacial score (nSPS) is 13.0. The van der Waals surface area contributed by atoms with Crippen LogP contribution >= 0.6 is 23.1 Å². The van der Waals surface area contributed by atoms with Gasteiger partial charge in [-0.1, -0.05) is 18.2 Å². The highest BCUT2D eigenvalue weighted by Gasteiger charge is 2.30. The second-order valence-corrected chi connectivity index (χ2v) is 8.42. The number of nitrogens with zero attached hydrogens (tertiary/aromatic N) is 1. The summed E-state index contributed by atoms with van der Waals surface area (Å²) in [5.74, 6) is -0.362. The van der Waals surface area contributed by atoms with Crippen molar-refractivity contribution in [2.24, 2.45) is 0 Å². The summed E-state index contributed by atoms with van der Waals surface area (Å²) < 4.78 is 5.21. The van der Waals surface area contributed by atoms with E-state index in [1.54, 1.807) is 11.8 Å². The molecule has 8 heteroatoms. The summed E-state index contributed by atoms with van der Waals surface area (Å²) in [5.41, 5.74) is 1.31. The fraction of sp³-hybridized carbons (Fsp3) is 0.350. The first-order valence-electron chi connectivity index (χ1n) is 9.04. The second kappa shape index (κ2) is 9.25. The average Bonchev–Trinajstić information content (AvgIpc) is 3.04. The van der Waals surface area contributed by atoms with Crippen molar-refractivity contribution in [3.05, 3.63) is 46.3 Å². The SMILES string of the molecule is CCOC(=O)c1c(NC(=O)CSc2ccccc2)sc2c1CCN(C(C)=O)C2. The van der Waals surface area contributed by atoms with Gasteiger partial charge in [0.1, 0.15) is 5.00 Å². The van der Waals surface area contributed by atoms with Crippen molar-refractivity contribution >= 4 is 45.9 Å². The zero-order chi connectivity index (χ0) is 20.1. The summed E-state index contributed by atoms with van der Waals surface area (Å²) in [4.78, 5) is 40.4. The molecule has 1 aliphatic rings. The number of esters is 1. The number of ether oxygens (including phenoxy) is 1. The number of fused-ring (bicyclic) bond motifs is 1. The van der Waals surface area contributed by atoms with Crippen LogP contribution < -0.4 is 5.32 Å². The Kier molecular flexibility index (Phi) is 6.74. The third-order valence-electron chi connectivity index (χ3n) is 4.35. The Balaban J connectivity index is 1.78. The lowest BCUT2D eigenvalue weighted by molar-refractivity contribution is -0.129. The molecule has 28 heavy (non-hydrogen) atoms. The van der Waals surface area contributed by atoms with Crippen molar-refractivity contribution in [3.8, 4) is 0 Å². The standard InChI is InChI=1S/C20H22N2O4S2/c1-3-26-20(25)18-15-9-10-22(13(2)23)11-16(15)28-19(18)21-17(24)12-27-14-7-5-4-6-8-14/h4-8H,3,9-12H2,1-2H3,(H,21,24). The molecular weight excluding hydrogens is 396 g/mol. The van der Waals surface area contributed by atoms with Crippen molar-refractivity contribution in [2.45, 2.75) is 31.7 Å². The van der Waals surface area contributed by atoms with E-state index in [4.69, 9.17) is 4.74 Å². The van der Waals surface area contributed by atoms with Crippen LogP contribution in [0.15, 0.2) is 35.2 Å². The number of hydrogen-bond acceptors (Lipinski definition) is 6. The number of anilines is 1. The number of carbonyl (C=O) groups excluding carboxylic acids is 3. The number of amides is 2. The number of nitrogens with one attached hydrogen (secondary N) is 1. The lowest BCUT2D eigenvalue weighted by atomic mass is 10.0. The quantitative estimate of drug-likeness (QED) is 0.573. The molecule has 3 rings (SSSR count). The molecule has 0 saturated carbocycles. The Morgan fingerprint density at radius 3 is 2.68 bits per heavy atom. The first-order valence-corrected chi connectivity index (χ1v) is 10.8. The molecular formula is C20H22N2O4S2. The molecule has 0 bridgehead atoms. The third kappa shape index (κ3) is 4.74. The minimum Gasteiger partial charge on any atom is -0.462 e. The van der Waals surface area contributed by atoms with E-state index in [-0.39, 0.29) is 24.2 Å². The maximum Gasteiger partial charge on any atom is 0.341 e. The Labute approximate surface area is 172 Å². The number of carbonyl (C=O) groups is 3. The fourth-order valence-electron chi connectivity index (χ4n) is 3.01. The zero-order valence-corrected chi connectivity index (χ0v) is 17.5. The smallest absolute Gasteiger partial charge is 0.341 e. The third-order valence-corrected chi connectivity index (χ3v) is 6.49. The lowest BCUT2D eigenvalue weighted by Gasteiger charge is -2.25. The van der Waals surface area contributed by atoms with Crippen LogP contribution in [-0.2, 0) is 27.3 Å². The summed E-state index contributed by atoms with van der Waals surface area (Å²) >= 11 is 2.79.